The number of hydrazine groups is 1. The monoisotopic (exact) mass is 383 g/mol. The standard InChI is InChI=1S/C20H21N3O3S/c1-26-17-11-7-16(8-12-17)9-13-18(24)21-20(27)23-22-19(25)14-10-15-5-3-2-4-6-15/h2-9,11-13H,10,14H2,1H3,(H,22,25)(H2,21,23,24,27). The normalized spacial score (nSPS) is 10.3. The van der Waals surface area contributed by atoms with Crippen LogP contribution in [0.3, 0.4) is 0 Å². The Bertz CT molecular complexity index is 805. The fraction of sp³-hybridized carbons (Fsp3) is 0.150. The number of carbonyl (C=O) groups excluding carboxylic acids is 2. The predicted octanol–water partition coefficient (Wildman–Crippen LogP) is 2.36. The number of ether oxygens (including phenoxy) is 1. The summed E-state index contributed by atoms with van der Waals surface area (Å²) in [6.45, 7) is 0. The van der Waals surface area contributed by atoms with Crippen LogP contribution in [0.15, 0.2) is 60.7 Å². The van der Waals surface area contributed by atoms with E-state index in [2.05, 4.69) is 16.2 Å². The van der Waals surface area contributed by atoms with Crippen LogP contribution in [-0.2, 0) is 16.0 Å². The van der Waals surface area contributed by atoms with Crippen LogP contribution in [-0.4, -0.2) is 24.0 Å². The Morgan fingerprint density at radius 1 is 1.04 bits per heavy atom. The highest BCUT2D eigenvalue weighted by atomic mass is 32.1. The quantitative estimate of drug-likeness (QED) is 0.405. The van der Waals surface area contributed by atoms with Gasteiger partial charge in [-0.15, -0.1) is 0 Å². The minimum Gasteiger partial charge on any atom is -0.497 e. The number of rotatable bonds is 6. The third-order valence-electron chi connectivity index (χ3n) is 3.58. The molecule has 0 aliphatic carbocycles. The summed E-state index contributed by atoms with van der Waals surface area (Å²) >= 11 is 4.98. The van der Waals surface area contributed by atoms with E-state index in [-0.39, 0.29) is 11.0 Å². The number of hydrogen-bond acceptors (Lipinski definition) is 4. The summed E-state index contributed by atoms with van der Waals surface area (Å²) in [5.41, 5.74) is 6.90. The summed E-state index contributed by atoms with van der Waals surface area (Å²) < 4.78 is 5.07. The Kier molecular flexibility index (Phi) is 7.99. The molecule has 0 aliphatic rings. The molecule has 2 aromatic carbocycles. The number of thiocarbonyl (C=S) groups is 1. The zero-order chi connectivity index (χ0) is 19.5. The van der Waals surface area contributed by atoms with Gasteiger partial charge in [0.1, 0.15) is 5.75 Å². The number of methoxy groups -OCH3 is 1. The van der Waals surface area contributed by atoms with Crippen LogP contribution in [0.5, 0.6) is 5.75 Å². The molecule has 0 heterocycles. The number of benzene rings is 2. The van der Waals surface area contributed by atoms with Crippen molar-refractivity contribution in [3.05, 3.63) is 71.8 Å². The minimum absolute atomic E-state index is 0.0208. The average Bonchev–Trinajstić information content (AvgIpc) is 2.70. The summed E-state index contributed by atoms with van der Waals surface area (Å²) in [6, 6.07) is 16.9. The van der Waals surface area contributed by atoms with Gasteiger partial charge >= 0.3 is 0 Å². The second kappa shape index (κ2) is 10.7. The van der Waals surface area contributed by atoms with E-state index >= 15 is 0 Å². The lowest BCUT2D eigenvalue weighted by atomic mass is 10.1. The van der Waals surface area contributed by atoms with Crippen molar-refractivity contribution in [3.63, 3.8) is 0 Å². The zero-order valence-electron chi connectivity index (χ0n) is 14.9. The van der Waals surface area contributed by atoms with Crippen LogP contribution >= 0.6 is 12.2 Å². The van der Waals surface area contributed by atoms with Crippen molar-refractivity contribution < 1.29 is 14.3 Å². The summed E-state index contributed by atoms with van der Waals surface area (Å²) in [5.74, 6) is 0.121. The van der Waals surface area contributed by atoms with E-state index in [0.29, 0.717) is 12.8 Å². The van der Waals surface area contributed by atoms with E-state index in [1.807, 2.05) is 42.5 Å². The van der Waals surface area contributed by atoms with Crippen LogP contribution in [0.25, 0.3) is 6.08 Å². The topological polar surface area (TPSA) is 79.5 Å². The lowest BCUT2D eigenvalue weighted by Crippen LogP contribution is -2.48. The third kappa shape index (κ3) is 7.70. The molecule has 2 amide bonds. The molecule has 2 aromatic rings. The Hall–Kier alpha value is -3.19. The molecule has 0 fully saturated rings. The molecule has 0 unspecified atom stereocenters. The van der Waals surface area contributed by atoms with Crippen LogP contribution in [0.1, 0.15) is 17.5 Å². The first-order valence-electron chi connectivity index (χ1n) is 8.32. The van der Waals surface area contributed by atoms with Crippen molar-refractivity contribution in [2.24, 2.45) is 0 Å². The minimum atomic E-state index is -0.401. The average molecular weight is 383 g/mol. The highest BCUT2D eigenvalue weighted by Crippen LogP contribution is 2.12. The first-order valence-corrected chi connectivity index (χ1v) is 8.73. The molecule has 0 bridgehead atoms. The fourth-order valence-electron chi connectivity index (χ4n) is 2.16. The Labute approximate surface area is 163 Å². The van der Waals surface area contributed by atoms with E-state index in [4.69, 9.17) is 17.0 Å². The highest BCUT2D eigenvalue weighted by molar-refractivity contribution is 7.80. The SMILES string of the molecule is COc1ccc(C=CC(=O)NC(=S)NNC(=O)CCc2ccccc2)cc1. The van der Waals surface area contributed by atoms with Gasteiger partial charge in [-0.2, -0.15) is 0 Å². The summed E-state index contributed by atoms with van der Waals surface area (Å²) in [7, 11) is 1.59. The van der Waals surface area contributed by atoms with Gasteiger partial charge in [0.2, 0.25) is 11.8 Å². The number of carbonyl (C=O) groups is 2. The van der Waals surface area contributed by atoms with Gasteiger partial charge in [0.15, 0.2) is 5.11 Å². The highest BCUT2D eigenvalue weighted by Gasteiger charge is 2.04. The lowest BCUT2D eigenvalue weighted by molar-refractivity contribution is -0.121. The molecule has 140 valence electrons. The molecule has 7 heteroatoms. The van der Waals surface area contributed by atoms with Crippen molar-refractivity contribution in [1.29, 1.82) is 0 Å². The predicted molar refractivity (Wildman–Crippen MR) is 109 cm³/mol. The number of hydrogen-bond donors (Lipinski definition) is 3. The van der Waals surface area contributed by atoms with Crippen molar-refractivity contribution in [1.82, 2.24) is 16.2 Å². The molecular weight excluding hydrogens is 362 g/mol. The molecular formula is C20H21N3O3S. The Morgan fingerprint density at radius 3 is 2.41 bits per heavy atom. The van der Waals surface area contributed by atoms with Crippen LogP contribution in [0.2, 0.25) is 0 Å². The second-order valence-electron chi connectivity index (χ2n) is 5.58. The van der Waals surface area contributed by atoms with Crippen LogP contribution in [0.4, 0.5) is 0 Å². The molecule has 0 spiro atoms. The molecule has 27 heavy (non-hydrogen) atoms. The Balaban J connectivity index is 1.68. The second-order valence-corrected chi connectivity index (χ2v) is 5.99. The Morgan fingerprint density at radius 2 is 1.74 bits per heavy atom. The summed E-state index contributed by atoms with van der Waals surface area (Å²) in [4.78, 5) is 23.6. The maximum Gasteiger partial charge on any atom is 0.250 e. The molecule has 0 aliphatic heterocycles. The fourth-order valence-corrected chi connectivity index (χ4v) is 2.31. The van der Waals surface area contributed by atoms with Crippen LogP contribution in [0, 0.1) is 0 Å². The number of amides is 2. The van der Waals surface area contributed by atoms with Gasteiger partial charge < -0.3 is 4.74 Å². The number of nitrogens with one attached hydrogen (secondary N) is 3. The molecule has 6 nitrogen and oxygen atoms in total. The largest absolute Gasteiger partial charge is 0.497 e. The van der Waals surface area contributed by atoms with E-state index in [1.165, 1.54) is 6.08 Å². The van der Waals surface area contributed by atoms with Gasteiger partial charge in [-0.1, -0.05) is 42.5 Å². The third-order valence-corrected chi connectivity index (χ3v) is 3.78. The van der Waals surface area contributed by atoms with E-state index in [1.54, 1.807) is 25.3 Å². The molecule has 0 saturated carbocycles. The lowest BCUT2D eigenvalue weighted by Gasteiger charge is -2.09. The molecule has 3 N–H and O–H groups in total. The first-order chi connectivity index (χ1) is 13.1. The first kappa shape index (κ1) is 20.1. The maximum atomic E-state index is 11.8. The number of aryl methyl sites for hydroxylation is 1. The van der Waals surface area contributed by atoms with Gasteiger partial charge in [-0.05, 0) is 48.0 Å². The van der Waals surface area contributed by atoms with Crippen LogP contribution < -0.4 is 20.9 Å². The van der Waals surface area contributed by atoms with Crippen molar-refractivity contribution >= 4 is 35.2 Å². The molecule has 0 atom stereocenters. The van der Waals surface area contributed by atoms with Crippen molar-refractivity contribution in [3.8, 4) is 5.75 Å². The van der Waals surface area contributed by atoms with Crippen molar-refractivity contribution in [2.45, 2.75) is 12.8 Å². The zero-order valence-corrected chi connectivity index (χ0v) is 15.7. The molecule has 2 rings (SSSR count). The van der Waals surface area contributed by atoms with Gasteiger partial charge in [-0.25, -0.2) is 0 Å². The van der Waals surface area contributed by atoms with E-state index < -0.39 is 5.91 Å². The van der Waals surface area contributed by atoms with Gasteiger partial charge in [0, 0.05) is 12.5 Å². The van der Waals surface area contributed by atoms with E-state index in [9.17, 15) is 9.59 Å². The van der Waals surface area contributed by atoms with Gasteiger partial charge in [-0.3, -0.25) is 25.8 Å². The van der Waals surface area contributed by atoms with Crippen molar-refractivity contribution in [2.75, 3.05) is 7.11 Å². The maximum absolute atomic E-state index is 11.8. The molecule has 0 saturated heterocycles. The smallest absolute Gasteiger partial charge is 0.250 e. The molecule has 0 aromatic heterocycles. The van der Waals surface area contributed by atoms with Gasteiger partial charge in [0.25, 0.3) is 0 Å². The summed E-state index contributed by atoms with van der Waals surface area (Å²) in [6.07, 6.45) is 3.94. The summed E-state index contributed by atoms with van der Waals surface area (Å²) in [5, 5.41) is 2.48. The molecule has 0 radical (unpaired) electrons. The van der Waals surface area contributed by atoms with E-state index in [0.717, 1.165) is 16.9 Å². The van der Waals surface area contributed by atoms with Gasteiger partial charge in [0.05, 0.1) is 7.11 Å².